The van der Waals surface area contributed by atoms with Gasteiger partial charge in [-0.15, -0.1) is 11.3 Å². The predicted octanol–water partition coefficient (Wildman–Crippen LogP) is 5.02. The van der Waals surface area contributed by atoms with Gasteiger partial charge in [-0.05, 0) is 61.0 Å². The Morgan fingerprint density at radius 3 is 2.75 bits per heavy atom. The molecular weight excluding hydrogens is 357 g/mol. The zero-order valence-corrected chi connectivity index (χ0v) is 12.1. The Balaban J connectivity index is 2.10. The van der Waals surface area contributed by atoms with Gasteiger partial charge in [-0.25, -0.2) is 4.39 Å². The third-order valence-electron chi connectivity index (χ3n) is 2.05. The molecule has 0 aliphatic rings. The van der Waals surface area contributed by atoms with Crippen LogP contribution in [0.4, 0.5) is 10.1 Å². The van der Waals surface area contributed by atoms with Crippen molar-refractivity contribution in [2.45, 2.75) is 6.54 Å². The SMILES string of the molecule is Fc1cccc(Br)c1NCc1csc(Br)c1. The lowest BCUT2D eigenvalue weighted by Gasteiger charge is -2.08. The Kier molecular flexibility index (Phi) is 4.00. The molecule has 1 nitrogen and oxygen atoms in total. The smallest absolute Gasteiger partial charge is 0.147 e. The van der Waals surface area contributed by atoms with E-state index in [9.17, 15) is 4.39 Å². The van der Waals surface area contributed by atoms with Crippen LogP contribution >= 0.6 is 43.2 Å². The zero-order chi connectivity index (χ0) is 11.5. The van der Waals surface area contributed by atoms with Crippen LogP contribution in [0.5, 0.6) is 0 Å². The molecule has 0 aliphatic heterocycles. The summed E-state index contributed by atoms with van der Waals surface area (Å²) in [4.78, 5) is 0. The van der Waals surface area contributed by atoms with Crippen LogP contribution in [0.2, 0.25) is 0 Å². The normalized spacial score (nSPS) is 10.4. The summed E-state index contributed by atoms with van der Waals surface area (Å²) < 4.78 is 15.3. The van der Waals surface area contributed by atoms with Gasteiger partial charge in [0, 0.05) is 11.0 Å². The van der Waals surface area contributed by atoms with E-state index in [1.165, 1.54) is 6.07 Å². The second kappa shape index (κ2) is 5.29. The standard InChI is InChI=1S/C11H8Br2FNS/c12-8-2-1-3-9(14)11(8)15-5-7-4-10(13)16-6-7/h1-4,6,15H,5H2. The molecule has 2 rings (SSSR count). The van der Waals surface area contributed by atoms with Gasteiger partial charge in [-0.3, -0.25) is 0 Å². The number of hydrogen-bond donors (Lipinski definition) is 1. The van der Waals surface area contributed by atoms with Gasteiger partial charge in [0.05, 0.1) is 9.47 Å². The van der Waals surface area contributed by atoms with Crippen molar-refractivity contribution < 1.29 is 4.39 Å². The Hall–Kier alpha value is -0.390. The highest BCUT2D eigenvalue weighted by Crippen LogP contribution is 2.27. The molecule has 1 aromatic heterocycles. The molecule has 5 heteroatoms. The minimum Gasteiger partial charge on any atom is -0.378 e. The van der Waals surface area contributed by atoms with Gasteiger partial charge < -0.3 is 5.32 Å². The van der Waals surface area contributed by atoms with E-state index in [4.69, 9.17) is 0 Å². The minimum absolute atomic E-state index is 0.247. The molecule has 0 unspecified atom stereocenters. The quantitative estimate of drug-likeness (QED) is 0.805. The molecule has 1 aromatic carbocycles. The van der Waals surface area contributed by atoms with E-state index in [1.807, 2.05) is 17.5 Å². The minimum atomic E-state index is -0.247. The number of thiophene rings is 1. The van der Waals surface area contributed by atoms with Gasteiger partial charge >= 0.3 is 0 Å². The van der Waals surface area contributed by atoms with Gasteiger partial charge in [-0.2, -0.15) is 0 Å². The first-order valence-electron chi connectivity index (χ1n) is 4.57. The van der Waals surface area contributed by atoms with E-state index in [1.54, 1.807) is 17.4 Å². The van der Waals surface area contributed by atoms with Crippen molar-refractivity contribution in [3.63, 3.8) is 0 Å². The van der Waals surface area contributed by atoms with Gasteiger partial charge in [-0.1, -0.05) is 6.07 Å². The van der Waals surface area contributed by atoms with Crippen LogP contribution in [0.1, 0.15) is 5.56 Å². The average molecular weight is 365 g/mol. The molecule has 0 amide bonds. The molecule has 0 bridgehead atoms. The maximum absolute atomic E-state index is 13.5. The Labute approximate surface area is 114 Å². The van der Waals surface area contributed by atoms with Gasteiger partial charge in [0.1, 0.15) is 5.82 Å². The zero-order valence-electron chi connectivity index (χ0n) is 8.14. The Morgan fingerprint density at radius 2 is 2.12 bits per heavy atom. The molecule has 0 spiro atoms. The number of anilines is 1. The summed E-state index contributed by atoms with van der Waals surface area (Å²) in [5.74, 6) is -0.247. The van der Waals surface area contributed by atoms with Crippen molar-refractivity contribution in [3.05, 3.63) is 49.3 Å². The average Bonchev–Trinajstić information content (AvgIpc) is 2.63. The Morgan fingerprint density at radius 1 is 1.31 bits per heavy atom. The molecule has 1 heterocycles. The number of halogens is 3. The molecule has 1 N–H and O–H groups in total. The topological polar surface area (TPSA) is 12.0 Å². The molecule has 0 radical (unpaired) electrons. The first-order valence-corrected chi connectivity index (χ1v) is 7.04. The highest BCUT2D eigenvalue weighted by molar-refractivity contribution is 9.11. The van der Waals surface area contributed by atoms with Crippen molar-refractivity contribution in [1.82, 2.24) is 0 Å². The van der Waals surface area contributed by atoms with E-state index in [2.05, 4.69) is 37.2 Å². The molecule has 0 saturated carbocycles. The molecule has 84 valence electrons. The predicted molar refractivity (Wildman–Crippen MR) is 73.4 cm³/mol. The summed E-state index contributed by atoms with van der Waals surface area (Å²) in [6.07, 6.45) is 0. The van der Waals surface area contributed by atoms with E-state index in [0.29, 0.717) is 12.2 Å². The largest absolute Gasteiger partial charge is 0.378 e. The molecular formula is C11H8Br2FNS. The number of hydrogen-bond acceptors (Lipinski definition) is 2. The van der Waals surface area contributed by atoms with Crippen LogP contribution in [-0.4, -0.2) is 0 Å². The van der Waals surface area contributed by atoms with E-state index >= 15 is 0 Å². The van der Waals surface area contributed by atoms with Crippen molar-refractivity contribution in [2.24, 2.45) is 0 Å². The van der Waals surface area contributed by atoms with Gasteiger partial charge in [0.25, 0.3) is 0 Å². The third-order valence-corrected chi connectivity index (χ3v) is 4.27. The fourth-order valence-corrected chi connectivity index (χ4v) is 2.99. The van der Waals surface area contributed by atoms with Crippen molar-refractivity contribution in [2.75, 3.05) is 5.32 Å². The number of rotatable bonds is 3. The first-order chi connectivity index (χ1) is 7.66. The van der Waals surface area contributed by atoms with Crippen LogP contribution in [-0.2, 0) is 6.54 Å². The molecule has 2 aromatic rings. The van der Waals surface area contributed by atoms with Crippen LogP contribution < -0.4 is 5.32 Å². The van der Waals surface area contributed by atoms with Gasteiger partial charge in [0.15, 0.2) is 0 Å². The van der Waals surface area contributed by atoms with Crippen LogP contribution in [0.3, 0.4) is 0 Å². The lowest BCUT2D eigenvalue weighted by Crippen LogP contribution is -2.01. The maximum Gasteiger partial charge on any atom is 0.147 e. The lowest BCUT2D eigenvalue weighted by atomic mass is 10.3. The van der Waals surface area contributed by atoms with E-state index in [0.717, 1.165) is 13.8 Å². The maximum atomic E-state index is 13.5. The molecule has 0 atom stereocenters. The second-order valence-corrected chi connectivity index (χ2v) is 6.35. The van der Waals surface area contributed by atoms with Gasteiger partial charge in [0.2, 0.25) is 0 Å². The summed E-state index contributed by atoms with van der Waals surface area (Å²) in [5, 5.41) is 5.11. The number of benzene rings is 1. The fourth-order valence-electron chi connectivity index (χ4n) is 1.30. The van der Waals surface area contributed by atoms with Crippen LogP contribution in [0, 0.1) is 5.82 Å². The number of nitrogens with one attached hydrogen (secondary N) is 1. The van der Waals surface area contributed by atoms with Crippen molar-refractivity contribution in [3.8, 4) is 0 Å². The summed E-state index contributed by atoms with van der Waals surface area (Å²) >= 11 is 8.33. The van der Waals surface area contributed by atoms with E-state index in [-0.39, 0.29) is 5.82 Å². The summed E-state index contributed by atoms with van der Waals surface area (Å²) in [6.45, 7) is 0.613. The van der Waals surface area contributed by atoms with Crippen molar-refractivity contribution in [1.29, 1.82) is 0 Å². The highest BCUT2D eigenvalue weighted by Gasteiger charge is 2.06. The monoisotopic (exact) mass is 363 g/mol. The van der Waals surface area contributed by atoms with Crippen LogP contribution in [0.15, 0.2) is 37.9 Å². The summed E-state index contributed by atoms with van der Waals surface area (Å²) in [6, 6.07) is 6.95. The fraction of sp³-hybridized carbons (Fsp3) is 0.0909. The third kappa shape index (κ3) is 2.84. The molecule has 0 fully saturated rings. The lowest BCUT2D eigenvalue weighted by molar-refractivity contribution is 0.629. The molecule has 0 aliphatic carbocycles. The second-order valence-electron chi connectivity index (χ2n) is 3.21. The van der Waals surface area contributed by atoms with E-state index < -0.39 is 0 Å². The summed E-state index contributed by atoms with van der Waals surface area (Å²) in [7, 11) is 0. The first kappa shape index (κ1) is 12.1. The van der Waals surface area contributed by atoms with Crippen molar-refractivity contribution >= 4 is 48.9 Å². The summed E-state index contributed by atoms with van der Waals surface area (Å²) in [5.41, 5.74) is 1.64. The molecule has 0 saturated heterocycles. The van der Waals surface area contributed by atoms with Crippen LogP contribution in [0.25, 0.3) is 0 Å². The molecule has 16 heavy (non-hydrogen) atoms. The number of para-hydroxylation sites is 1. The Bertz CT molecular complexity index is 478. The highest BCUT2D eigenvalue weighted by atomic mass is 79.9.